The molecule has 0 spiro atoms. The number of nitrogens with one attached hydrogen (secondary N) is 2. The fourth-order valence-corrected chi connectivity index (χ4v) is 2.61. The molecule has 0 bridgehead atoms. The summed E-state index contributed by atoms with van der Waals surface area (Å²) in [6, 6.07) is 9.17. The highest BCUT2D eigenvalue weighted by Crippen LogP contribution is 2.11. The molecule has 0 aliphatic carbocycles. The molecular weight excluding hydrogens is 308 g/mol. The van der Waals surface area contributed by atoms with Crippen LogP contribution in [0, 0.1) is 13.8 Å². The van der Waals surface area contributed by atoms with Gasteiger partial charge in [0.15, 0.2) is 0 Å². The van der Waals surface area contributed by atoms with E-state index in [0.717, 1.165) is 16.9 Å². The Labute approximate surface area is 138 Å². The average molecular weight is 326 g/mol. The molecule has 124 valence electrons. The van der Waals surface area contributed by atoms with Crippen molar-refractivity contribution in [3.8, 4) is 0 Å². The summed E-state index contributed by atoms with van der Waals surface area (Å²) in [5.41, 5.74) is 8.04. The Bertz CT molecular complexity index is 952. The molecule has 0 aliphatic rings. The van der Waals surface area contributed by atoms with Crippen molar-refractivity contribution < 1.29 is 4.79 Å². The Morgan fingerprint density at radius 3 is 2.42 bits per heavy atom. The van der Waals surface area contributed by atoms with Crippen LogP contribution in [0.4, 0.5) is 5.95 Å². The van der Waals surface area contributed by atoms with Crippen molar-refractivity contribution in [2.24, 2.45) is 7.05 Å². The minimum Gasteiger partial charge on any atom is -0.295 e. The van der Waals surface area contributed by atoms with Crippen molar-refractivity contribution in [1.29, 1.82) is 0 Å². The maximum absolute atomic E-state index is 12.3. The molecule has 0 fully saturated rings. The molecular formula is C16H18N6O2. The van der Waals surface area contributed by atoms with Gasteiger partial charge in [-0.3, -0.25) is 24.8 Å². The topological polar surface area (TPSA) is 93.8 Å². The molecule has 0 unspecified atom stereocenters. The van der Waals surface area contributed by atoms with E-state index in [4.69, 9.17) is 0 Å². The van der Waals surface area contributed by atoms with Crippen molar-refractivity contribution in [3.05, 3.63) is 52.2 Å². The Morgan fingerprint density at radius 2 is 1.75 bits per heavy atom. The summed E-state index contributed by atoms with van der Waals surface area (Å²) in [5.74, 6) is -0.0534. The number of aromatic nitrogens is 4. The predicted molar refractivity (Wildman–Crippen MR) is 90.5 cm³/mol. The number of aryl methyl sites for hydroxylation is 3. The van der Waals surface area contributed by atoms with Crippen molar-refractivity contribution in [1.82, 2.24) is 24.5 Å². The summed E-state index contributed by atoms with van der Waals surface area (Å²) in [4.78, 5) is 32.8. The van der Waals surface area contributed by atoms with Gasteiger partial charge in [-0.05, 0) is 32.0 Å². The van der Waals surface area contributed by atoms with Gasteiger partial charge in [-0.2, -0.15) is 0 Å². The summed E-state index contributed by atoms with van der Waals surface area (Å²) in [5, 5.41) is 0. The molecule has 2 aromatic heterocycles. The second-order valence-electron chi connectivity index (χ2n) is 5.56. The van der Waals surface area contributed by atoms with E-state index in [1.807, 2.05) is 44.2 Å². The Morgan fingerprint density at radius 1 is 1.12 bits per heavy atom. The lowest BCUT2D eigenvalue weighted by Gasteiger charge is -2.08. The van der Waals surface area contributed by atoms with Gasteiger partial charge in [-0.15, -0.1) is 0 Å². The van der Waals surface area contributed by atoms with Crippen LogP contribution in [0.3, 0.4) is 0 Å². The van der Waals surface area contributed by atoms with Crippen LogP contribution in [0.5, 0.6) is 0 Å². The van der Waals surface area contributed by atoms with Crippen LogP contribution < -0.4 is 16.5 Å². The fourth-order valence-electron chi connectivity index (χ4n) is 2.61. The number of anilines is 1. The highest BCUT2D eigenvalue weighted by atomic mass is 16.2. The van der Waals surface area contributed by atoms with Gasteiger partial charge in [0.2, 0.25) is 5.95 Å². The SMILES string of the molecule is Cc1cc(C)nc(NNC(=O)Cn2c(=O)n(C)c3ccccc32)n1. The van der Waals surface area contributed by atoms with Gasteiger partial charge in [0, 0.05) is 18.4 Å². The van der Waals surface area contributed by atoms with E-state index in [-0.39, 0.29) is 18.1 Å². The van der Waals surface area contributed by atoms with Crippen molar-refractivity contribution in [2.45, 2.75) is 20.4 Å². The fraction of sp³-hybridized carbons (Fsp3) is 0.250. The highest BCUT2D eigenvalue weighted by Gasteiger charge is 2.13. The van der Waals surface area contributed by atoms with Crippen LogP contribution in [0.15, 0.2) is 35.1 Å². The summed E-state index contributed by atoms with van der Waals surface area (Å²) < 4.78 is 2.94. The van der Waals surface area contributed by atoms with Crippen LogP contribution >= 0.6 is 0 Å². The second kappa shape index (κ2) is 6.15. The highest BCUT2D eigenvalue weighted by molar-refractivity contribution is 5.81. The summed E-state index contributed by atoms with van der Waals surface area (Å²) in [6.45, 7) is 3.59. The average Bonchev–Trinajstić information content (AvgIpc) is 2.78. The van der Waals surface area contributed by atoms with Crippen LogP contribution in [-0.2, 0) is 18.4 Å². The Hall–Kier alpha value is -3.16. The molecule has 8 heteroatoms. The predicted octanol–water partition coefficient (Wildman–Crippen LogP) is 0.890. The van der Waals surface area contributed by atoms with Gasteiger partial charge >= 0.3 is 5.69 Å². The second-order valence-corrected chi connectivity index (χ2v) is 5.56. The maximum Gasteiger partial charge on any atom is 0.329 e. The number of amides is 1. The van der Waals surface area contributed by atoms with Crippen molar-refractivity contribution >= 4 is 22.9 Å². The molecule has 24 heavy (non-hydrogen) atoms. The smallest absolute Gasteiger partial charge is 0.295 e. The first-order chi connectivity index (χ1) is 11.5. The maximum atomic E-state index is 12.3. The zero-order valence-corrected chi connectivity index (χ0v) is 13.7. The third-order valence-corrected chi connectivity index (χ3v) is 3.65. The minimum atomic E-state index is -0.365. The van der Waals surface area contributed by atoms with E-state index in [2.05, 4.69) is 20.8 Å². The minimum absolute atomic E-state index is 0.0992. The summed E-state index contributed by atoms with van der Waals surface area (Å²) in [7, 11) is 1.68. The number of hydrogen-bond donors (Lipinski definition) is 2. The van der Waals surface area contributed by atoms with E-state index in [1.165, 1.54) is 9.13 Å². The van der Waals surface area contributed by atoms with Gasteiger partial charge in [-0.25, -0.2) is 14.8 Å². The van der Waals surface area contributed by atoms with E-state index in [1.54, 1.807) is 7.05 Å². The zero-order valence-electron chi connectivity index (χ0n) is 13.7. The van der Waals surface area contributed by atoms with Crippen LogP contribution in [0.2, 0.25) is 0 Å². The monoisotopic (exact) mass is 326 g/mol. The Kier molecular flexibility index (Phi) is 4.03. The van der Waals surface area contributed by atoms with E-state index >= 15 is 0 Å². The van der Waals surface area contributed by atoms with Crippen LogP contribution in [-0.4, -0.2) is 25.0 Å². The molecule has 0 saturated carbocycles. The first-order valence-corrected chi connectivity index (χ1v) is 7.47. The molecule has 1 amide bonds. The molecule has 1 aromatic carbocycles. The standard InChI is InChI=1S/C16H18N6O2/c1-10-8-11(2)18-15(17-10)20-19-14(23)9-22-13-7-5-4-6-12(13)21(3)16(22)24/h4-8H,9H2,1-3H3,(H,19,23)(H,17,18,20). The Balaban J connectivity index is 1.76. The number of carbonyl (C=O) groups is 1. The molecule has 3 aromatic rings. The van der Waals surface area contributed by atoms with Crippen molar-refractivity contribution in [2.75, 3.05) is 5.43 Å². The van der Waals surface area contributed by atoms with Gasteiger partial charge in [0.25, 0.3) is 5.91 Å². The molecule has 0 aliphatic heterocycles. The number of rotatable bonds is 4. The van der Waals surface area contributed by atoms with Gasteiger partial charge in [-0.1, -0.05) is 12.1 Å². The van der Waals surface area contributed by atoms with E-state index in [9.17, 15) is 9.59 Å². The van der Waals surface area contributed by atoms with Gasteiger partial charge in [0.1, 0.15) is 6.54 Å². The van der Waals surface area contributed by atoms with Crippen LogP contribution in [0.25, 0.3) is 11.0 Å². The number of imidazole rings is 1. The third-order valence-electron chi connectivity index (χ3n) is 3.65. The first kappa shape index (κ1) is 15.7. The van der Waals surface area contributed by atoms with E-state index < -0.39 is 0 Å². The summed E-state index contributed by atoms with van der Waals surface area (Å²) in [6.07, 6.45) is 0. The lowest BCUT2D eigenvalue weighted by Crippen LogP contribution is -2.36. The number of para-hydroxylation sites is 2. The van der Waals surface area contributed by atoms with E-state index in [0.29, 0.717) is 11.5 Å². The quantitative estimate of drug-likeness (QED) is 0.695. The van der Waals surface area contributed by atoms with Gasteiger partial charge in [0.05, 0.1) is 11.0 Å². The number of nitrogens with zero attached hydrogens (tertiary/aromatic N) is 4. The molecule has 0 saturated heterocycles. The van der Waals surface area contributed by atoms with Gasteiger partial charge < -0.3 is 0 Å². The zero-order chi connectivity index (χ0) is 17.3. The molecule has 8 nitrogen and oxygen atoms in total. The normalized spacial score (nSPS) is 10.8. The lowest BCUT2D eigenvalue weighted by atomic mass is 10.3. The number of fused-ring (bicyclic) bond motifs is 1. The summed E-state index contributed by atoms with van der Waals surface area (Å²) >= 11 is 0. The third kappa shape index (κ3) is 2.98. The number of hydrogen-bond acceptors (Lipinski definition) is 5. The van der Waals surface area contributed by atoms with Crippen LogP contribution in [0.1, 0.15) is 11.4 Å². The lowest BCUT2D eigenvalue weighted by molar-refractivity contribution is -0.121. The number of hydrazine groups is 1. The molecule has 0 atom stereocenters. The number of carbonyl (C=O) groups excluding carboxylic acids is 1. The molecule has 3 rings (SSSR count). The first-order valence-electron chi connectivity index (χ1n) is 7.47. The largest absolute Gasteiger partial charge is 0.329 e. The number of benzene rings is 1. The molecule has 2 N–H and O–H groups in total. The van der Waals surface area contributed by atoms with Crippen molar-refractivity contribution in [3.63, 3.8) is 0 Å². The molecule has 0 radical (unpaired) electrons. The molecule has 2 heterocycles.